The van der Waals surface area contributed by atoms with Crippen molar-refractivity contribution in [2.45, 2.75) is 20.0 Å². The quantitative estimate of drug-likeness (QED) is 0.384. The van der Waals surface area contributed by atoms with Gasteiger partial charge in [0.1, 0.15) is 12.4 Å². The lowest BCUT2D eigenvalue weighted by molar-refractivity contribution is 0.293. The van der Waals surface area contributed by atoms with Crippen molar-refractivity contribution in [1.29, 1.82) is 0 Å². The molecular weight excluding hydrogens is 292 g/mol. The summed E-state index contributed by atoms with van der Waals surface area (Å²) >= 11 is 6.27. The molecule has 0 aliphatic heterocycles. The molecule has 1 aromatic carbocycles. The van der Waals surface area contributed by atoms with Crippen LogP contribution in [0.25, 0.3) is 0 Å². The highest BCUT2D eigenvalue weighted by molar-refractivity contribution is 6.31. The van der Waals surface area contributed by atoms with Gasteiger partial charge in [-0.1, -0.05) is 35.8 Å². The van der Waals surface area contributed by atoms with Crippen molar-refractivity contribution in [2.24, 2.45) is 17.9 Å². The molecule has 0 spiro atoms. The highest BCUT2D eigenvalue weighted by atomic mass is 35.5. The minimum absolute atomic E-state index is 0.00375. The largest absolute Gasteiger partial charge is 0.486 e. The Labute approximate surface area is 127 Å². The predicted molar refractivity (Wildman–Crippen MR) is 80.9 cm³/mol. The summed E-state index contributed by atoms with van der Waals surface area (Å²) in [6.45, 7) is 2.24. The van der Waals surface area contributed by atoms with E-state index in [0.717, 1.165) is 17.8 Å². The van der Waals surface area contributed by atoms with Gasteiger partial charge in [0.15, 0.2) is 5.84 Å². The number of amidine groups is 1. The summed E-state index contributed by atoms with van der Waals surface area (Å²) in [6.07, 6.45) is 0.757. The van der Waals surface area contributed by atoms with E-state index in [1.165, 1.54) is 0 Å². The number of aromatic nitrogens is 2. The molecule has 1 heterocycles. The maximum absolute atomic E-state index is 8.79. The molecule has 0 atom stereocenters. The minimum Gasteiger partial charge on any atom is -0.486 e. The Balaban J connectivity index is 2.23. The third kappa shape index (κ3) is 3.11. The molecule has 112 valence electrons. The number of oxime groups is 1. The maximum Gasteiger partial charge on any atom is 0.173 e. The van der Waals surface area contributed by atoms with E-state index in [1.807, 2.05) is 20.0 Å². The lowest BCUT2D eigenvalue weighted by Gasteiger charge is -2.10. The van der Waals surface area contributed by atoms with Gasteiger partial charge in [-0.3, -0.25) is 4.68 Å². The third-order valence-electron chi connectivity index (χ3n) is 3.14. The fourth-order valence-corrected chi connectivity index (χ4v) is 2.33. The van der Waals surface area contributed by atoms with Crippen molar-refractivity contribution < 1.29 is 9.94 Å². The first-order chi connectivity index (χ1) is 10.1. The molecule has 21 heavy (non-hydrogen) atoms. The Morgan fingerprint density at radius 3 is 2.81 bits per heavy atom. The molecule has 6 nitrogen and oxygen atoms in total. The van der Waals surface area contributed by atoms with Crippen molar-refractivity contribution >= 4 is 17.4 Å². The van der Waals surface area contributed by atoms with E-state index in [4.69, 9.17) is 27.3 Å². The number of halogens is 1. The average molecular weight is 309 g/mol. The number of rotatable bonds is 5. The van der Waals surface area contributed by atoms with Crippen LogP contribution in [0.3, 0.4) is 0 Å². The van der Waals surface area contributed by atoms with Crippen LogP contribution in [0.15, 0.2) is 29.4 Å². The Bertz CT molecular complexity index is 667. The SMILES string of the molecule is CCc1nn(C)c(COc2ccccc2C(N)=NO)c1Cl. The lowest BCUT2D eigenvalue weighted by atomic mass is 10.2. The number of aryl methyl sites for hydroxylation is 2. The van der Waals surface area contributed by atoms with E-state index in [1.54, 1.807) is 22.9 Å². The molecule has 0 unspecified atom stereocenters. The smallest absolute Gasteiger partial charge is 0.173 e. The van der Waals surface area contributed by atoms with E-state index in [2.05, 4.69) is 10.3 Å². The zero-order valence-corrected chi connectivity index (χ0v) is 12.6. The van der Waals surface area contributed by atoms with Crippen LogP contribution < -0.4 is 10.5 Å². The number of benzene rings is 1. The highest BCUT2D eigenvalue weighted by Gasteiger charge is 2.15. The zero-order valence-electron chi connectivity index (χ0n) is 11.9. The molecule has 0 aliphatic carbocycles. The van der Waals surface area contributed by atoms with Gasteiger partial charge in [0.25, 0.3) is 0 Å². The average Bonchev–Trinajstić information content (AvgIpc) is 2.79. The second-order valence-corrected chi connectivity index (χ2v) is 4.83. The van der Waals surface area contributed by atoms with Crippen LogP contribution in [-0.2, 0) is 20.1 Å². The molecule has 0 amide bonds. The summed E-state index contributed by atoms with van der Waals surface area (Å²) < 4.78 is 7.45. The van der Waals surface area contributed by atoms with Crippen LogP contribution in [0.1, 0.15) is 23.9 Å². The molecule has 0 saturated heterocycles. The third-order valence-corrected chi connectivity index (χ3v) is 3.57. The summed E-state index contributed by atoms with van der Waals surface area (Å²) in [4.78, 5) is 0. The second kappa shape index (κ2) is 6.49. The predicted octanol–water partition coefficient (Wildman–Crippen LogP) is 2.31. The standard InChI is InChI=1S/C14H17ClN4O2/c1-3-10-13(15)11(19(2)17-10)8-21-12-7-5-4-6-9(12)14(16)18-20/h4-7,20H,3,8H2,1-2H3,(H2,16,18). The highest BCUT2D eigenvalue weighted by Crippen LogP contribution is 2.24. The first-order valence-electron chi connectivity index (χ1n) is 6.48. The van der Waals surface area contributed by atoms with Crippen molar-refractivity contribution in [3.05, 3.63) is 46.2 Å². The summed E-state index contributed by atoms with van der Waals surface area (Å²) in [5.74, 6) is 0.513. The molecule has 2 rings (SSSR count). The Hall–Kier alpha value is -2.21. The van der Waals surface area contributed by atoms with Gasteiger partial charge in [-0.15, -0.1) is 0 Å². The van der Waals surface area contributed by atoms with Gasteiger partial charge in [-0.2, -0.15) is 5.10 Å². The fourth-order valence-electron chi connectivity index (χ4n) is 1.98. The molecule has 3 N–H and O–H groups in total. The van der Waals surface area contributed by atoms with Crippen molar-refractivity contribution in [3.63, 3.8) is 0 Å². The molecule has 1 aromatic heterocycles. The topological polar surface area (TPSA) is 85.7 Å². The van der Waals surface area contributed by atoms with Crippen molar-refractivity contribution in [1.82, 2.24) is 9.78 Å². The number of ether oxygens (including phenoxy) is 1. The van der Waals surface area contributed by atoms with Gasteiger partial charge in [0, 0.05) is 7.05 Å². The summed E-state index contributed by atoms with van der Waals surface area (Å²) in [7, 11) is 1.82. The van der Waals surface area contributed by atoms with E-state index >= 15 is 0 Å². The molecule has 0 bridgehead atoms. The van der Waals surface area contributed by atoms with Gasteiger partial charge in [0.2, 0.25) is 0 Å². The normalized spacial score (nSPS) is 11.7. The summed E-state index contributed by atoms with van der Waals surface area (Å²) in [6, 6.07) is 7.06. The minimum atomic E-state index is -0.00375. The van der Waals surface area contributed by atoms with E-state index in [9.17, 15) is 0 Å². The molecule has 2 aromatic rings. The molecule has 0 aliphatic rings. The maximum atomic E-state index is 8.79. The second-order valence-electron chi connectivity index (χ2n) is 4.45. The van der Waals surface area contributed by atoms with Gasteiger partial charge in [-0.25, -0.2) is 0 Å². The van der Waals surface area contributed by atoms with E-state index in [-0.39, 0.29) is 12.4 Å². The van der Waals surface area contributed by atoms with Gasteiger partial charge < -0.3 is 15.7 Å². The Morgan fingerprint density at radius 1 is 1.48 bits per heavy atom. The zero-order chi connectivity index (χ0) is 15.4. The summed E-state index contributed by atoms with van der Waals surface area (Å²) in [5, 5.41) is 16.7. The van der Waals surface area contributed by atoms with Crippen molar-refractivity contribution in [3.8, 4) is 5.75 Å². The van der Waals surface area contributed by atoms with Crippen LogP contribution in [0.2, 0.25) is 5.02 Å². The van der Waals surface area contributed by atoms with E-state index in [0.29, 0.717) is 16.3 Å². The Morgan fingerprint density at radius 2 is 2.19 bits per heavy atom. The molecule has 0 radical (unpaired) electrons. The van der Waals surface area contributed by atoms with Gasteiger partial charge in [0.05, 0.1) is 22.0 Å². The van der Waals surface area contributed by atoms with Crippen LogP contribution in [0, 0.1) is 0 Å². The van der Waals surface area contributed by atoms with Crippen LogP contribution in [0.4, 0.5) is 0 Å². The van der Waals surface area contributed by atoms with Gasteiger partial charge in [-0.05, 0) is 18.6 Å². The number of hydrogen-bond acceptors (Lipinski definition) is 4. The Kier molecular flexibility index (Phi) is 4.70. The number of nitrogens with two attached hydrogens (primary N) is 1. The van der Waals surface area contributed by atoms with E-state index < -0.39 is 0 Å². The molecule has 0 saturated carbocycles. The van der Waals surface area contributed by atoms with Crippen LogP contribution in [0.5, 0.6) is 5.75 Å². The van der Waals surface area contributed by atoms with Crippen LogP contribution in [-0.4, -0.2) is 20.8 Å². The summed E-state index contributed by atoms with van der Waals surface area (Å²) in [5.41, 5.74) is 7.76. The van der Waals surface area contributed by atoms with Gasteiger partial charge >= 0.3 is 0 Å². The first-order valence-corrected chi connectivity index (χ1v) is 6.86. The number of hydrogen-bond donors (Lipinski definition) is 2. The first kappa shape index (κ1) is 15.2. The fraction of sp³-hybridized carbons (Fsp3) is 0.286. The number of para-hydroxylation sites is 1. The molecular formula is C14H17ClN4O2. The number of nitrogens with zero attached hydrogens (tertiary/aromatic N) is 3. The van der Waals surface area contributed by atoms with Crippen molar-refractivity contribution in [2.75, 3.05) is 0 Å². The lowest BCUT2D eigenvalue weighted by Crippen LogP contribution is -2.15. The van der Waals surface area contributed by atoms with Crippen LogP contribution >= 0.6 is 11.6 Å². The molecule has 0 fully saturated rings. The monoisotopic (exact) mass is 308 g/mol. The molecule has 7 heteroatoms.